The van der Waals surface area contributed by atoms with Crippen LogP contribution in [0.15, 0.2) is 130 Å². The average molecular weight is 813 g/mol. The molecule has 5 aromatic rings. The molecule has 5 aliphatic rings. The molecule has 0 radical (unpaired) electrons. The van der Waals surface area contributed by atoms with Crippen LogP contribution in [0, 0.1) is 35.5 Å². The molecule has 14 unspecified atom stereocenters. The van der Waals surface area contributed by atoms with E-state index in [9.17, 15) is 0 Å². The number of rotatable bonds is 4. The maximum Gasteiger partial charge on any atom is 0.0606 e. The minimum absolute atomic E-state index is 0.302. The first-order valence-electron chi connectivity index (χ1n) is 21.1. The van der Waals surface area contributed by atoms with Gasteiger partial charge in [0.25, 0.3) is 0 Å². The Kier molecular flexibility index (Phi) is 9.79. The van der Waals surface area contributed by atoms with Crippen LogP contribution in [0.2, 0.25) is 0 Å². The Bertz CT molecular complexity index is 2240. The number of thioether (sulfide) groups is 4. The molecule has 0 amide bonds. The normalized spacial score (nSPS) is 36.9. The molecule has 3 fully saturated rings. The summed E-state index contributed by atoms with van der Waals surface area (Å²) in [6, 6.07) is 42.2. The Labute approximate surface area is 352 Å². The topological polar surface area (TPSA) is 8.17 Å². The minimum Gasteiger partial charge on any atom is -0.336 e. The fourth-order valence-electron chi connectivity index (χ4n) is 11.3. The number of anilines is 2. The van der Waals surface area contributed by atoms with Gasteiger partial charge in [0, 0.05) is 74.5 Å². The third-order valence-electron chi connectivity index (χ3n) is 15.3. The highest BCUT2D eigenvalue weighted by Crippen LogP contribution is 2.67. The molecule has 3 heterocycles. The number of benzene rings is 4. The molecular weight excluding hydrogens is 757 g/mol. The van der Waals surface area contributed by atoms with Gasteiger partial charge in [-0.2, -0.15) is 23.5 Å². The largest absolute Gasteiger partial charge is 0.336 e. The van der Waals surface area contributed by atoms with Crippen molar-refractivity contribution in [3.63, 3.8) is 0 Å². The number of allylic oxidation sites excluding steroid dienone is 3. The third kappa shape index (κ3) is 5.69. The predicted octanol–water partition coefficient (Wildman–Crippen LogP) is 14.1. The van der Waals surface area contributed by atoms with Crippen LogP contribution in [-0.2, 0) is 0 Å². The molecule has 4 aromatic carbocycles. The van der Waals surface area contributed by atoms with Crippen molar-refractivity contribution in [1.29, 1.82) is 0 Å². The van der Waals surface area contributed by atoms with Gasteiger partial charge in [-0.25, -0.2) is 0 Å². The van der Waals surface area contributed by atoms with E-state index in [4.69, 9.17) is 0 Å². The maximum atomic E-state index is 2.88. The molecule has 290 valence electrons. The Balaban J connectivity index is 1.26. The van der Waals surface area contributed by atoms with Crippen molar-refractivity contribution in [2.75, 3.05) is 4.90 Å². The molecule has 0 bridgehead atoms. The number of hydrogen-bond acceptors (Lipinski definition) is 5. The van der Waals surface area contributed by atoms with Gasteiger partial charge in [-0.1, -0.05) is 120 Å². The number of fused-ring (bicyclic) bond motifs is 6. The Morgan fingerprint density at radius 3 is 1.54 bits per heavy atom. The fraction of sp³-hybridized carbons (Fsp3) is 0.440. The molecule has 2 nitrogen and oxygen atoms in total. The van der Waals surface area contributed by atoms with Crippen molar-refractivity contribution in [1.82, 2.24) is 4.57 Å². The highest BCUT2D eigenvalue weighted by molar-refractivity contribution is 8.11. The van der Waals surface area contributed by atoms with Crippen molar-refractivity contribution < 1.29 is 0 Å². The van der Waals surface area contributed by atoms with Crippen LogP contribution in [0.1, 0.15) is 61.4 Å². The molecule has 0 spiro atoms. The summed E-state index contributed by atoms with van der Waals surface area (Å²) in [6.45, 7) is 20.1. The lowest BCUT2D eigenvalue weighted by molar-refractivity contribution is 0.148. The van der Waals surface area contributed by atoms with Crippen LogP contribution >= 0.6 is 47.0 Å². The van der Waals surface area contributed by atoms with E-state index in [1.807, 2.05) is 0 Å². The molecule has 56 heavy (non-hydrogen) atoms. The molecule has 14 atom stereocenters. The zero-order valence-electron chi connectivity index (χ0n) is 34.0. The van der Waals surface area contributed by atoms with Gasteiger partial charge >= 0.3 is 0 Å². The number of aromatic nitrogens is 1. The van der Waals surface area contributed by atoms with E-state index in [0.717, 1.165) is 0 Å². The molecule has 10 rings (SSSR count). The molecule has 6 heteroatoms. The van der Waals surface area contributed by atoms with E-state index in [1.165, 1.54) is 38.8 Å². The molecule has 1 aromatic heterocycles. The Hall–Kier alpha value is -2.64. The number of para-hydroxylation sites is 4. The number of nitrogens with zero attached hydrogens (tertiary/aromatic N) is 2. The lowest BCUT2D eigenvalue weighted by atomic mass is 9.69. The van der Waals surface area contributed by atoms with Crippen LogP contribution in [0.5, 0.6) is 0 Å². The van der Waals surface area contributed by atoms with Crippen molar-refractivity contribution >= 4 is 80.2 Å². The summed E-state index contributed by atoms with van der Waals surface area (Å²) in [5.41, 5.74) is 8.55. The van der Waals surface area contributed by atoms with Crippen molar-refractivity contribution in [3.05, 3.63) is 130 Å². The van der Waals surface area contributed by atoms with Gasteiger partial charge in [0.05, 0.1) is 12.1 Å². The van der Waals surface area contributed by atoms with Gasteiger partial charge < -0.3 is 9.47 Å². The first-order valence-corrected chi connectivity index (χ1v) is 24.7. The lowest BCUT2D eigenvalue weighted by Crippen LogP contribution is -2.66. The maximum absolute atomic E-state index is 2.88. The predicted molar refractivity (Wildman–Crippen MR) is 251 cm³/mol. The smallest absolute Gasteiger partial charge is 0.0606 e. The lowest BCUT2D eigenvalue weighted by Gasteiger charge is -2.62. The zero-order chi connectivity index (χ0) is 38.6. The van der Waals surface area contributed by atoms with Gasteiger partial charge in [-0.15, -0.1) is 23.5 Å². The van der Waals surface area contributed by atoms with Crippen molar-refractivity contribution in [3.8, 4) is 0 Å². The molecule has 1 saturated heterocycles. The first kappa shape index (κ1) is 37.6. The van der Waals surface area contributed by atoms with E-state index >= 15 is 0 Å². The summed E-state index contributed by atoms with van der Waals surface area (Å²) < 4.78 is 2.88. The molecule has 2 aliphatic heterocycles. The molecular formula is C50H56N2S4. The summed E-state index contributed by atoms with van der Waals surface area (Å²) >= 11 is 9.40. The van der Waals surface area contributed by atoms with Gasteiger partial charge in [0.2, 0.25) is 0 Å². The summed E-state index contributed by atoms with van der Waals surface area (Å²) in [7, 11) is 0. The van der Waals surface area contributed by atoms with Crippen molar-refractivity contribution in [2.45, 2.75) is 99.0 Å². The zero-order valence-corrected chi connectivity index (χ0v) is 37.3. The fourth-order valence-corrected chi connectivity index (χ4v) is 20.3. The van der Waals surface area contributed by atoms with Gasteiger partial charge in [0.1, 0.15) is 0 Å². The van der Waals surface area contributed by atoms with Gasteiger partial charge in [0.15, 0.2) is 0 Å². The van der Waals surface area contributed by atoms with Crippen LogP contribution in [0.4, 0.5) is 11.4 Å². The van der Waals surface area contributed by atoms with Crippen LogP contribution < -0.4 is 4.90 Å². The molecule has 0 N–H and O–H groups in total. The van der Waals surface area contributed by atoms with E-state index in [2.05, 4.69) is 221 Å². The molecule has 2 saturated carbocycles. The quantitative estimate of drug-likeness (QED) is 0.178. The van der Waals surface area contributed by atoms with E-state index in [1.54, 1.807) is 15.4 Å². The summed E-state index contributed by atoms with van der Waals surface area (Å²) in [4.78, 5) is 6.05. The Morgan fingerprint density at radius 1 is 0.482 bits per heavy atom. The highest BCUT2D eigenvalue weighted by atomic mass is 32.2. The summed E-state index contributed by atoms with van der Waals surface area (Å²) in [5.74, 6) is 3.85. The first-order chi connectivity index (χ1) is 27.2. The monoisotopic (exact) mass is 812 g/mol. The van der Waals surface area contributed by atoms with Crippen LogP contribution in [0.25, 0.3) is 21.8 Å². The van der Waals surface area contributed by atoms with Crippen LogP contribution in [0.3, 0.4) is 0 Å². The third-order valence-corrected chi connectivity index (χ3v) is 23.0. The van der Waals surface area contributed by atoms with E-state index < -0.39 is 0 Å². The van der Waals surface area contributed by atoms with Crippen molar-refractivity contribution in [2.24, 2.45) is 35.5 Å². The van der Waals surface area contributed by atoms with Crippen LogP contribution in [-0.4, -0.2) is 42.1 Å². The SMILES string of the molecule is CC1=C(C)C(C)C(C)C2=C1SC1C(S2)C(N(c2ccccc2)c2ccccc2)C2SC3C(C)C(C)C(C)C(C)C3SC2C1n1c2ccccc2c2ccccc21. The van der Waals surface area contributed by atoms with Gasteiger partial charge in [-0.3, -0.25) is 0 Å². The minimum atomic E-state index is 0.302. The summed E-state index contributed by atoms with van der Waals surface area (Å²) in [5, 5.41) is 5.65. The second kappa shape index (κ2) is 14.6. The van der Waals surface area contributed by atoms with E-state index in [-0.39, 0.29) is 0 Å². The second-order valence-electron chi connectivity index (χ2n) is 17.7. The molecule has 3 aliphatic carbocycles. The van der Waals surface area contributed by atoms with Gasteiger partial charge in [-0.05, 0) is 91.3 Å². The van der Waals surface area contributed by atoms with E-state index in [0.29, 0.717) is 79.1 Å². The highest BCUT2D eigenvalue weighted by Gasteiger charge is 2.62. The second-order valence-corrected chi connectivity index (χ2v) is 22.9. The number of hydrogen-bond donors (Lipinski definition) is 0. The summed E-state index contributed by atoms with van der Waals surface area (Å²) in [6.07, 6.45) is 0. The average Bonchev–Trinajstić information content (AvgIpc) is 3.57. The standard InChI is InChI=1S/C50H56N2S4/c1-27-29(3)33(7)45-43(31(27)5)53-47-41(51(35-19-11-9-12-20-35)36-21-13-10-14-22-36)48-50(56-46-34(8)30(4)28(2)32(6)44(46)54-48)42(49(47)55-45)52-39-25-17-15-23-37(39)38-24-16-18-26-40(38)52/h9-29,31-33,41-43,45,47-50H,1-8H3. The Morgan fingerprint density at radius 2 is 0.982 bits per heavy atom.